The van der Waals surface area contributed by atoms with Crippen LogP contribution in [-0.4, -0.2) is 38.8 Å². The molecule has 0 aromatic carbocycles. The highest BCUT2D eigenvalue weighted by atomic mass is 15.3. The molecule has 2 nitrogen and oxygen atoms in total. The molecule has 0 saturated carbocycles. The zero-order valence-electron chi connectivity index (χ0n) is 5.78. The summed E-state index contributed by atoms with van der Waals surface area (Å²) in [6.45, 7) is 3.86. The molecule has 1 aliphatic rings. The molecule has 0 spiro atoms. The van der Waals surface area contributed by atoms with Gasteiger partial charge >= 0.3 is 0 Å². The van der Waals surface area contributed by atoms with Crippen molar-refractivity contribution in [3.05, 3.63) is 0 Å². The van der Waals surface area contributed by atoms with Crippen LogP contribution in [0.2, 0.25) is 0 Å². The van der Waals surface area contributed by atoms with Crippen molar-refractivity contribution >= 4 is 0 Å². The van der Waals surface area contributed by atoms with Crippen LogP contribution in [-0.2, 0) is 0 Å². The van der Waals surface area contributed by atoms with Crippen LogP contribution < -0.4 is 4.90 Å². The van der Waals surface area contributed by atoms with Crippen molar-refractivity contribution in [3.63, 3.8) is 0 Å². The molecule has 0 amide bonds. The SMILES string of the molecule is CN1CCC[NH+](C)C1. The maximum Gasteiger partial charge on any atom is 0.133 e. The average molecular weight is 115 g/mol. The van der Waals surface area contributed by atoms with E-state index >= 15 is 0 Å². The second kappa shape index (κ2) is 2.46. The Morgan fingerprint density at radius 3 is 2.62 bits per heavy atom. The van der Waals surface area contributed by atoms with Crippen molar-refractivity contribution in [3.8, 4) is 0 Å². The number of hydrogen-bond acceptors (Lipinski definition) is 1. The van der Waals surface area contributed by atoms with Crippen LogP contribution >= 0.6 is 0 Å². The molecule has 1 N–H and O–H groups in total. The zero-order chi connectivity index (χ0) is 5.98. The summed E-state index contributed by atoms with van der Waals surface area (Å²) in [4.78, 5) is 4.01. The predicted molar refractivity (Wildman–Crippen MR) is 33.9 cm³/mol. The van der Waals surface area contributed by atoms with E-state index in [4.69, 9.17) is 0 Å². The molecule has 1 rings (SSSR count). The lowest BCUT2D eigenvalue weighted by atomic mass is 10.3. The van der Waals surface area contributed by atoms with Crippen LogP contribution in [0.25, 0.3) is 0 Å². The van der Waals surface area contributed by atoms with E-state index in [0.717, 1.165) is 0 Å². The first-order valence-corrected chi connectivity index (χ1v) is 3.29. The highest BCUT2D eigenvalue weighted by Gasteiger charge is 2.11. The molecule has 1 aliphatic heterocycles. The highest BCUT2D eigenvalue weighted by Crippen LogP contribution is 1.84. The van der Waals surface area contributed by atoms with Gasteiger partial charge in [0.1, 0.15) is 6.67 Å². The second-order valence-electron chi connectivity index (χ2n) is 2.80. The van der Waals surface area contributed by atoms with Crippen LogP contribution in [0.15, 0.2) is 0 Å². The molecule has 8 heavy (non-hydrogen) atoms. The van der Waals surface area contributed by atoms with Crippen molar-refractivity contribution in [1.29, 1.82) is 0 Å². The minimum absolute atomic E-state index is 1.22. The number of quaternary nitrogens is 1. The van der Waals surface area contributed by atoms with E-state index < -0.39 is 0 Å². The van der Waals surface area contributed by atoms with Gasteiger partial charge in [0.25, 0.3) is 0 Å². The van der Waals surface area contributed by atoms with Gasteiger partial charge in [0, 0.05) is 13.0 Å². The van der Waals surface area contributed by atoms with E-state index in [9.17, 15) is 0 Å². The summed E-state index contributed by atoms with van der Waals surface area (Å²) in [6, 6.07) is 0. The summed E-state index contributed by atoms with van der Waals surface area (Å²) in [6.07, 6.45) is 1.36. The molecule has 0 bridgehead atoms. The molecule has 0 radical (unpaired) electrons. The third-order valence-electron chi connectivity index (χ3n) is 1.68. The van der Waals surface area contributed by atoms with E-state index in [1.165, 1.54) is 26.2 Å². The molecule has 1 saturated heterocycles. The fourth-order valence-electron chi connectivity index (χ4n) is 1.27. The molecule has 48 valence electrons. The first-order chi connectivity index (χ1) is 3.79. The molecule has 0 aliphatic carbocycles. The number of nitrogens with one attached hydrogen (secondary N) is 1. The Labute approximate surface area is 51.1 Å². The summed E-state index contributed by atoms with van der Waals surface area (Å²) >= 11 is 0. The van der Waals surface area contributed by atoms with Crippen LogP contribution in [0, 0.1) is 0 Å². The van der Waals surface area contributed by atoms with Gasteiger partial charge in [-0.15, -0.1) is 0 Å². The average Bonchev–Trinajstić information content (AvgIpc) is 1.64. The summed E-state index contributed by atoms with van der Waals surface area (Å²) in [5.41, 5.74) is 0. The van der Waals surface area contributed by atoms with Gasteiger partial charge in [0.15, 0.2) is 0 Å². The van der Waals surface area contributed by atoms with Gasteiger partial charge in [-0.1, -0.05) is 0 Å². The van der Waals surface area contributed by atoms with E-state index in [0.29, 0.717) is 0 Å². The lowest BCUT2D eigenvalue weighted by Crippen LogP contribution is -3.11. The minimum Gasteiger partial charge on any atom is -0.325 e. The standard InChI is InChI=1S/C6H14N2/c1-7-4-3-5-8(2)6-7/h3-6H2,1-2H3/p+1. The summed E-state index contributed by atoms with van der Waals surface area (Å²) in [5.74, 6) is 0. The first kappa shape index (κ1) is 6.05. The molecular weight excluding hydrogens is 100 g/mol. The first-order valence-electron chi connectivity index (χ1n) is 3.29. The quantitative estimate of drug-likeness (QED) is 0.416. The summed E-state index contributed by atoms with van der Waals surface area (Å²) in [7, 11) is 4.43. The monoisotopic (exact) mass is 115 g/mol. The maximum absolute atomic E-state index is 2.37. The van der Waals surface area contributed by atoms with Crippen molar-refractivity contribution in [1.82, 2.24) is 4.90 Å². The Bertz CT molecular complexity index is 64.9. The topological polar surface area (TPSA) is 7.68 Å². The number of hydrogen-bond donors (Lipinski definition) is 1. The van der Waals surface area contributed by atoms with Gasteiger partial charge in [-0.3, -0.25) is 4.90 Å². The molecule has 1 fully saturated rings. The van der Waals surface area contributed by atoms with Crippen molar-refractivity contribution in [2.75, 3.05) is 33.9 Å². The van der Waals surface area contributed by atoms with Gasteiger partial charge in [0.05, 0.1) is 13.6 Å². The number of nitrogens with zero attached hydrogens (tertiary/aromatic N) is 1. The van der Waals surface area contributed by atoms with Crippen molar-refractivity contribution in [2.24, 2.45) is 0 Å². The fraction of sp³-hybridized carbons (Fsp3) is 1.00. The third-order valence-corrected chi connectivity index (χ3v) is 1.68. The van der Waals surface area contributed by atoms with Crippen LogP contribution in [0.1, 0.15) is 6.42 Å². The molecule has 1 unspecified atom stereocenters. The maximum atomic E-state index is 2.37. The Morgan fingerprint density at radius 1 is 1.50 bits per heavy atom. The van der Waals surface area contributed by atoms with Gasteiger partial charge in [-0.25, -0.2) is 0 Å². The fourth-order valence-corrected chi connectivity index (χ4v) is 1.27. The van der Waals surface area contributed by atoms with E-state index in [1.54, 1.807) is 4.90 Å². The molecular formula is C6H15N2+. The molecule has 2 heteroatoms. The van der Waals surface area contributed by atoms with Gasteiger partial charge in [-0.2, -0.15) is 0 Å². The second-order valence-corrected chi connectivity index (χ2v) is 2.80. The largest absolute Gasteiger partial charge is 0.325 e. The van der Waals surface area contributed by atoms with Crippen LogP contribution in [0.5, 0.6) is 0 Å². The van der Waals surface area contributed by atoms with E-state index in [-0.39, 0.29) is 0 Å². The Hall–Kier alpha value is -0.0800. The predicted octanol–water partition coefficient (Wildman–Crippen LogP) is -1.21. The number of rotatable bonds is 0. The highest BCUT2D eigenvalue weighted by molar-refractivity contribution is 4.47. The van der Waals surface area contributed by atoms with Crippen molar-refractivity contribution in [2.45, 2.75) is 6.42 Å². The van der Waals surface area contributed by atoms with Crippen LogP contribution in [0.4, 0.5) is 0 Å². The van der Waals surface area contributed by atoms with Gasteiger partial charge in [0.2, 0.25) is 0 Å². The Balaban J connectivity index is 2.23. The van der Waals surface area contributed by atoms with Crippen LogP contribution in [0.3, 0.4) is 0 Å². The smallest absolute Gasteiger partial charge is 0.133 e. The molecule has 0 aromatic rings. The molecule has 0 aromatic heterocycles. The molecule has 1 heterocycles. The van der Waals surface area contributed by atoms with E-state index in [2.05, 4.69) is 19.0 Å². The lowest BCUT2D eigenvalue weighted by molar-refractivity contribution is -0.896. The molecule has 1 atom stereocenters. The summed E-state index contributed by atoms with van der Waals surface area (Å²) in [5, 5.41) is 0. The van der Waals surface area contributed by atoms with Crippen molar-refractivity contribution < 1.29 is 4.90 Å². The van der Waals surface area contributed by atoms with Gasteiger partial charge in [-0.05, 0) is 7.05 Å². The summed E-state index contributed by atoms with van der Waals surface area (Å²) < 4.78 is 0. The van der Waals surface area contributed by atoms with E-state index in [1.807, 2.05) is 0 Å². The normalized spacial score (nSPS) is 33.0. The Morgan fingerprint density at radius 2 is 2.25 bits per heavy atom. The third kappa shape index (κ3) is 1.46. The lowest BCUT2D eigenvalue weighted by Gasteiger charge is -2.26. The van der Waals surface area contributed by atoms with Gasteiger partial charge < -0.3 is 4.90 Å². The zero-order valence-corrected chi connectivity index (χ0v) is 5.78. The Kier molecular flexibility index (Phi) is 1.86. The minimum atomic E-state index is 1.22.